The Labute approximate surface area is 54.2 Å². The Morgan fingerprint density at radius 2 is 2.44 bits per heavy atom. The minimum Gasteiger partial charge on any atom is -0.377 e. The highest BCUT2D eigenvalue weighted by molar-refractivity contribution is 5.25. The van der Waals surface area contributed by atoms with Gasteiger partial charge in [-0.25, -0.2) is 0 Å². The number of dihydropyridines is 1. The molecular formula is C7H8NO. The Morgan fingerprint density at radius 1 is 1.56 bits per heavy atom. The van der Waals surface area contributed by atoms with Gasteiger partial charge in [0.05, 0.1) is 6.61 Å². The Balaban J connectivity index is 1.98. The van der Waals surface area contributed by atoms with Crippen LogP contribution >= 0.6 is 0 Å². The van der Waals surface area contributed by atoms with E-state index in [0.717, 1.165) is 6.61 Å². The predicted molar refractivity (Wildman–Crippen MR) is 34.4 cm³/mol. The van der Waals surface area contributed by atoms with Crippen LogP contribution in [0.4, 0.5) is 0 Å². The van der Waals surface area contributed by atoms with Gasteiger partial charge in [-0.2, -0.15) is 0 Å². The van der Waals surface area contributed by atoms with Crippen LogP contribution in [0, 0.1) is 6.04 Å². The van der Waals surface area contributed by atoms with Crippen molar-refractivity contribution in [3.05, 3.63) is 30.5 Å². The largest absolute Gasteiger partial charge is 0.377 e. The van der Waals surface area contributed by atoms with E-state index in [9.17, 15) is 0 Å². The van der Waals surface area contributed by atoms with Crippen molar-refractivity contribution in [1.29, 1.82) is 0 Å². The lowest BCUT2D eigenvalue weighted by atomic mass is 10.2. The van der Waals surface area contributed by atoms with Gasteiger partial charge in [0.2, 0.25) is 0 Å². The molecule has 2 nitrogen and oxygen atoms in total. The molecule has 2 aliphatic rings. The monoisotopic (exact) mass is 122 g/mol. The maximum atomic E-state index is 5.06. The summed E-state index contributed by atoms with van der Waals surface area (Å²) in [4.78, 5) is 0. The van der Waals surface area contributed by atoms with Gasteiger partial charge in [0.15, 0.2) is 0 Å². The highest BCUT2D eigenvalue weighted by atomic mass is 16.6. The number of allylic oxidation sites excluding steroid dienone is 2. The molecule has 2 heterocycles. The first kappa shape index (κ1) is 5.06. The maximum absolute atomic E-state index is 5.06. The zero-order chi connectivity index (χ0) is 6.10. The first-order valence-corrected chi connectivity index (χ1v) is 3.05. The van der Waals surface area contributed by atoms with Crippen LogP contribution in [0.2, 0.25) is 0 Å². The number of epoxide rings is 1. The van der Waals surface area contributed by atoms with Crippen molar-refractivity contribution in [2.24, 2.45) is 0 Å². The standard InChI is InChI=1S/C7H8NO/c1-2-4-8-6(3-1)7-5-9-7/h1-4,7-8H,5H2. The molecule has 1 saturated heterocycles. The van der Waals surface area contributed by atoms with Crippen LogP contribution in [0.5, 0.6) is 0 Å². The van der Waals surface area contributed by atoms with E-state index in [4.69, 9.17) is 4.74 Å². The summed E-state index contributed by atoms with van der Waals surface area (Å²) in [5.41, 5.74) is 0. The van der Waals surface area contributed by atoms with E-state index in [-0.39, 0.29) is 0 Å². The van der Waals surface area contributed by atoms with Gasteiger partial charge in [-0.15, -0.1) is 0 Å². The summed E-state index contributed by atoms with van der Waals surface area (Å²) in [6.07, 6.45) is 8.28. The van der Waals surface area contributed by atoms with Gasteiger partial charge in [0, 0.05) is 0 Å². The second-order valence-corrected chi connectivity index (χ2v) is 2.14. The van der Waals surface area contributed by atoms with E-state index in [1.165, 1.54) is 6.04 Å². The number of nitrogens with one attached hydrogen (secondary N) is 1. The van der Waals surface area contributed by atoms with Crippen molar-refractivity contribution in [1.82, 2.24) is 5.32 Å². The molecule has 1 fully saturated rings. The van der Waals surface area contributed by atoms with Crippen LogP contribution in [0.1, 0.15) is 0 Å². The average molecular weight is 122 g/mol. The SMILES string of the molecule is C1=CN[C](C2CO2)C=C1. The molecule has 0 aromatic heterocycles. The fourth-order valence-corrected chi connectivity index (χ4v) is 0.835. The summed E-state index contributed by atoms with van der Waals surface area (Å²) in [6, 6.07) is 1.18. The van der Waals surface area contributed by atoms with Crippen LogP contribution in [0.25, 0.3) is 0 Å². The van der Waals surface area contributed by atoms with Crippen molar-refractivity contribution < 1.29 is 4.74 Å². The molecule has 1 atom stereocenters. The lowest BCUT2D eigenvalue weighted by Crippen LogP contribution is -2.19. The first-order chi connectivity index (χ1) is 4.47. The van der Waals surface area contributed by atoms with Gasteiger partial charge < -0.3 is 10.1 Å². The summed E-state index contributed by atoms with van der Waals surface area (Å²) >= 11 is 0. The van der Waals surface area contributed by atoms with E-state index >= 15 is 0 Å². The molecule has 0 aliphatic carbocycles. The van der Waals surface area contributed by atoms with Crippen molar-refractivity contribution in [2.75, 3.05) is 6.61 Å². The second kappa shape index (κ2) is 1.88. The first-order valence-electron chi connectivity index (χ1n) is 3.05. The van der Waals surface area contributed by atoms with Crippen molar-refractivity contribution >= 4 is 0 Å². The topological polar surface area (TPSA) is 24.6 Å². The predicted octanol–water partition coefficient (Wildman–Crippen LogP) is 0.590. The van der Waals surface area contributed by atoms with Crippen LogP contribution in [0.3, 0.4) is 0 Å². The quantitative estimate of drug-likeness (QED) is 0.515. The molecule has 0 spiro atoms. The molecule has 2 rings (SSSR count). The smallest absolute Gasteiger partial charge is 0.114 e. The molecule has 1 N–H and O–H groups in total. The fraction of sp³-hybridized carbons (Fsp3) is 0.286. The third-order valence-electron chi connectivity index (χ3n) is 1.41. The third kappa shape index (κ3) is 0.980. The third-order valence-corrected chi connectivity index (χ3v) is 1.41. The molecule has 9 heavy (non-hydrogen) atoms. The Morgan fingerprint density at radius 3 is 3.00 bits per heavy atom. The van der Waals surface area contributed by atoms with Gasteiger partial charge in [-0.05, 0) is 12.3 Å². The molecule has 0 bridgehead atoms. The second-order valence-electron chi connectivity index (χ2n) is 2.14. The van der Waals surface area contributed by atoms with E-state index in [1.54, 1.807) is 0 Å². The highest BCUT2D eigenvalue weighted by Gasteiger charge is 2.31. The molecule has 0 saturated carbocycles. The summed E-state index contributed by atoms with van der Waals surface area (Å²) in [6.45, 7) is 0.876. The van der Waals surface area contributed by atoms with Crippen LogP contribution in [-0.2, 0) is 4.74 Å². The van der Waals surface area contributed by atoms with Gasteiger partial charge >= 0.3 is 0 Å². The van der Waals surface area contributed by atoms with Gasteiger partial charge in [0.1, 0.15) is 12.1 Å². The molecule has 0 aromatic rings. The molecule has 1 radical (unpaired) electrons. The number of rotatable bonds is 1. The number of hydrogen-bond acceptors (Lipinski definition) is 2. The van der Waals surface area contributed by atoms with E-state index < -0.39 is 0 Å². The fourth-order valence-electron chi connectivity index (χ4n) is 0.835. The van der Waals surface area contributed by atoms with Gasteiger partial charge in [-0.3, -0.25) is 0 Å². The van der Waals surface area contributed by atoms with E-state index in [2.05, 4.69) is 5.32 Å². The summed E-state index contributed by atoms with van der Waals surface area (Å²) in [5.74, 6) is 0. The minimum atomic E-state index is 0.353. The Kier molecular flexibility index (Phi) is 1.06. The lowest BCUT2D eigenvalue weighted by Gasteiger charge is -2.09. The van der Waals surface area contributed by atoms with Crippen molar-refractivity contribution in [3.8, 4) is 0 Å². The van der Waals surface area contributed by atoms with Gasteiger partial charge in [0.25, 0.3) is 0 Å². The average Bonchev–Trinajstić information content (AvgIpc) is 2.71. The van der Waals surface area contributed by atoms with Crippen LogP contribution < -0.4 is 5.32 Å². The summed E-state index contributed by atoms with van der Waals surface area (Å²) < 4.78 is 5.06. The van der Waals surface area contributed by atoms with Crippen LogP contribution in [0.15, 0.2) is 24.4 Å². The van der Waals surface area contributed by atoms with Crippen LogP contribution in [-0.4, -0.2) is 12.7 Å². The number of hydrogen-bond donors (Lipinski definition) is 1. The zero-order valence-electron chi connectivity index (χ0n) is 5.00. The minimum absolute atomic E-state index is 0.353. The normalized spacial score (nSPS) is 32.2. The van der Waals surface area contributed by atoms with Crippen molar-refractivity contribution in [3.63, 3.8) is 0 Å². The van der Waals surface area contributed by atoms with Gasteiger partial charge in [-0.1, -0.05) is 12.2 Å². The molecule has 47 valence electrons. The maximum Gasteiger partial charge on any atom is 0.114 e. The summed E-state index contributed by atoms with van der Waals surface area (Å²) in [7, 11) is 0. The molecule has 2 aliphatic heterocycles. The van der Waals surface area contributed by atoms with E-state index in [0.29, 0.717) is 6.10 Å². The molecule has 2 heteroatoms. The highest BCUT2D eigenvalue weighted by Crippen LogP contribution is 2.21. The molecular weight excluding hydrogens is 114 g/mol. The van der Waals surface area contributed by atoms with E-state index in [1.807, 2.05) is 24.4 Å². The molecule has 0 aromatic carbocycles. The lowest BCUT2D eigenvalue weighted by molar-refractivity contribution is 0.411. The number of ether oxygens (including phenoxy) is 1. The molecule has 1 unspecified atom stereocenters. The molecule has 0 amide bonds. The summed E-state index contributed by atoms with van der Waals surface area (Å²) in [5, 5.41) is 3.11. The van der Waals surface area contributed by atoms with Crippen molar-refractivity contribution in [2.45, 2.75) is 6.10 Å². The zero-order valence-corrected chi connectivity index (χ0v) is 5.00. The Bertz CT molecular complexity index is 158. The Hall–Kier alpha value is -0.760.